The summed E-state index contributed by atoms with van der Waals surface area (Å²) in [6.07, 6.45) is 1.71. The maximum absolute atomic E-state index is 11.9. The molecule has 0 aliphatic rings. The Morgan fingerprint density at radius 3 is 2.68 bits per heavy atom. The van der Waals surface area contributed by atoms with Gasteiger partial charge in [0.15, 0.2) is 4.34 Å². The van der Waals surface area contributed by atoms with E-state index in [0.29, 0.717) is 12.3 Å². The fraction of sp³-hybridized carbons (Fsp3) is 0.467. The Hall–Kier alpha value is -0.820. The fourth-order valence-electron chi connectivity index (χ4n) is 1.87. The first-order valence-corrected chi connectivity index (χ1v) is 8.90. The third-order valence-electron chi connectivity index (χ3n) is 3.65. The van der Waals surface area contributed by atoms with Crippen molar-refractivity contribution in [2.75, 3.05) is 12.3 Å². The Kier molecular flexibility index (Phi) is 7.62. The second kappa shape index (κ2) is 8.72. The molecule has 0 atom stereocenters. The molecule has 0 aliphatic carbocycles. The number of nitrogens with zero attached hydrogens (tertiary/aromatic N) is 1. The molecule has 1 aromatic heterocycles. The molecular formula is C15H22ClN3OS2. The van der Waals surface area contributed by atoms with E-state index in [1.54, 1.807) is 11.3 Å². The number of hydrogen-bond acceptors (Lipinski definition) is 5. The van der Waals surface area contributed by atoms with Gasteiger partial charge in [-0.2, -0.15) is 0 Å². The number of para-hydroxylation sites is 1. The van der Waals surface area contributed by atoms with Gasteiger partial charge in [0.05, 0.1) is 16.0 Å². The van der Waals surface area contributed by atoms with Crippen LogP contribution in [0.3, 0.4) is 0 Å². The standard InChI is InChI=1S/C15H21N3OS2.ClH/c1-3-15(16,4-2)10-17-13(19)9-20-14-18-11-7-5-6-8-12(11)21-14;/h5-8H,3-4,9-10,16H2,1-2H3,(H,17,19);1H. The van der Waals surface area contributed by atoms with Crippen LogP contribution in [0.15, 0.2) is 28.6 Å². The molecule has 7 heteroatoms. The van der Waals surface area contributed by atoms with Crippen LogP contribution in [-0.4, -0.2) is 28.7 Å². The molecule has 1 aromatic carbocycles. The normalized spacial score (nSPS) is 11.2. The lowest BCUT2D eigenvalue weighted by Crippen LogP contribution is -2.49. The van der Waals surface area contributed by atoms with E-state index in [9.17, 15) is 4.79 Å². The third kappa shape index (κ3) is 5.12. The number of fused-ring (bicyclic) bond motifs is 1. The highest BCUT2D eigenvalue weighted by atomic mass is 35.5. The Morgan fingerprint density at radius 2 is 2.05 bits per heavy atom. The number of nitrogens with one attached hydrogen (secondary N) is 1. The number of hydrogen-bond donors (Lipinski definition) is 2. The molecule has 0 unspecified atom stereocenters. The molecule has 0 spiro atoms. The average Bonchev–Trinajstić information content (AvgIpc) is 2.93. The zero-order valence-corrected chi connectivity index (χ0v) is 15.2. The number of benzene rings is 1. The molecule has 4 nitrogen and oxygen atoms in total. The van der Waals surface area contributed by atoms with E-state index < -0.39 is 0 Å². The zero-order valence-electron chi connectivity index (χ0n) is 12.8. The minimum Gasteiger partial charge on any atom is -0.354 e. The minimum atomic E-state index is -0.295. The van der Waals surface area contributed by atoms with Gasteiger partial charge in [-0.3, -0.25) is 4.79 Å². The third-order valence-corrected chi connectivity index (χ3v) is 5.83. The number of halogens is 1. The smallest absolute Gasteiger partial charge is 0.230 e. The molecule has 0 aliphatic heterocycles. The second-order valence-corrected chi connectivity index (χ2v) is 7.34. The predicted octanol–water partition coefficient (Wildman–Crippen LogP) is 3.44. The number of carbonyl (C=O) groups excluding carboxylic acids is 1. The Balaban J connectivity index is 0.00000242. The quantitative estimate of drug-likeness (QED) is 0.743. The summed E-state index contributed by atoms with van der Waals surface area (Å²) in [5.41, 5.74) is 6.87. The number of nitrogens with two attached hydrogens (primary N) is 1. The van der Waals surface area contributed by atoms with Gasteiger partial charge in [-0.25, -0.2) is 4.98 Å². The maximum atomic E-state index is 11.9. The zero-order chi connectivity index (χ0) is 15.3. The topological polar surface area (TPSA) is 68.0 Å². The summed E-state index contributed by atoms with van der Waals surface area (Å²) in [6.45, 7) is 4.62. The lowest BCUT2D eigenvalue weighted by atomic mass is 9.94. The van der Waals surface area contributed by atoms with Crippen LogP contribution in [0.5, 0.6) is 0 Å². The highest BCUT2D eigenvalue weighted by Gasteiger charge is 2.20. The van der Waals surface area contributed by atoms with Gasteiger partial charge in [0.1, 0.15) is 0 Å². The van der Waals surface area contributed by atoms with Gasteiger partial charge in [0.25, 0.3) is 0 Å². The summed E-state index contributed by atoms with van der Waals surface area (Å²) in [7, 11) is 0. The van der Waals surface area contributed by atoms with Crippen molar-refractivity contribution in [3.8, 4) is 0 Å². The van der Waals surface area contributed by atoms with Gasteiger partial charge < -0.3 is 11.1 Å². The van der Waals surface area contributed by atoms with Crippen molar-refractivity contribution >= 4 is 51.6 Å². The monoisotopic (exact) mass is 359 g/mol. The number of thiazole rings is 1. The van der Waals surface area contributed by atoms with Crippen molar-refractivity contribution in [3.63, 3.8) is 0 Å². The highest BCUT2D eigenvalue weighted by molar-refractivity contribution is 8.01. The summed E-state index contributed by atoms with van der Waals surface area (Å²) in [6, 6.07) is 8.00. The molecule has 1 heterocycles. The fourth-order valence-corrected chi connectivity index (χ4v) is 3.76. The number of carbonyl (C=O) groups is 1. The summed E-state index contributed by atoms with van der Waals surface area (Å²) in [5, 5.41) is 2.92. The van der Waals surface area contributed by atoms with Crippen LogP contribution >= 0.6 is 35.5 Å². The lowest BCUT2D eigenvalue weighted by molar-refractivity contribution is -0.118. The summed E-state index contributed by atoms with van der Waals surface area (Å²) in [5.74, 6) is 0.388. The van der Waals surface area contributed by atoms with Crippen LogP contribution in [0.2, 0.25) is 0 Å². The van der Waals surface area contributed by atoms with E-state index in [4.69, 9.17) is 5.73 Å². The maximum Gasteiger partial charge on any atom is 0.230 e. The molecule has 2 rings (SSSR count). The van der Waals surface area contributed by atoms with Crippen molar-refractivity contribution in [1.82, 2.24) is 10.3 Å². The van der Waals surface area contributed by atoms with Gasteiger partial charge in [0.2, 0.25) is 5.91 Å². The number of thioether (sulfide) groups is 1. The Morgan fingerprint density at radius 1 is 1.36 bits per heavy atom. The summed E-state index contributed by atoms with van der Waals surface area (Å²) in [4.78, 5) is 16.4. The van der Waals surface area contributed by atoms with Crippen molar-refractivity contribution in [2.45, 2.75) is 36.6 Å². The molecular weight excluding hydrogens is 338 g/mol. The average molecular weight is 360 g/mol. The summed E-state index contributed by atoms with van der Waals surface area (Å²) >= 11 is 3.09. The van der Waals surface area contributed by atoms with Gasteiger partial charge in [-0.05, 0) is 25.0 Å². The van der Waals surface area contributed by atoms with Crippen LogP contribution in [0.4, 0.5) is 0 Å². The first-order valence-electron chi connectivity index (χ1n) is 7.10. The van der Waals surface area contributed by atoms with E-state index in [0.717, 1.165) is 27.4 Å². The molecule has 22 heavy (non-hydrogen) atoms. The van der Waals surface area contributed by atoms with E-state index in [-0.39, 0.29) is 23.9 Å². The van der Waals surface area contributed by atoms with Crippen LogP contribution in [0.1, 0.15) is 26.7 Å². The molecule has 3 N–H and O–H groups in total. The van der Waals surface area contributed by atoms with E-state index in [1.807, 2.05) is 38.1 Å². The van der Waals surface area contributed by atoms with Gasteiger partial charge in [0, 0.05) is 12.1 Å². The van der Waals surface area contributed by atoms with Crippen molar-refractivity contribution in [3.05, 3.63) is 24.3 Å². The Labute approximate surface area is 145 Å². The number of aromatic nitrogens is 1. The van der Waals surface area contributed by atoms with E-state index >= 15 is 0 Å². The molecule has 0 saturated heterocycles. The molecule has 0 fully saturated rings. The van der Waals surface area contributed by atoms with Crippen LogP contribution in [0.25, 0.3) is 10.2 Å². The molecule has 0 radical (unpaired) electrons. The molecule has 0 bridgehead atoms. The lowest BCUT2D eigenvalue weighted by Gasteiger charge is -2.26. The largest absolute Gasteiger partial charge is 0.354 e. The first kappa shape index (κ1) is 19.2. The van der Waals surface area contributed by atoms with Crippen LogP contribution in [0, 0.1) is 0 Å². The Bertz CT molecular complexity index is 581. The van der Waals surface area contributed by atoms with Gasteiger partial charge >= 0.3 is 0 Å². The molecule has 122 valence electrons. The van der Waals surface area contributed by atoms with Gasteiger partial charge in [-0.1, -0.05) is 37.7 Å². The van der Waals surface area contributed by atoms with Crippen LogP contribution in [-0.2, 0) is 4.79 Å². The van der Waals surface area contributed by atoms with E-state index in [2.05, 4.69) is 10.3 Å². The molecule has 2 aromatic rings. The van der Waals surface area contributed by atoms with Crippen molar-refractivity contribution in [2.24, 2.45) is 5.73 Å². The predicted molar refractivity (Wildman–Crippen MR) is 98.1 cm³/mol. The first-order chi connectivity index (χ1) is 10.1. The number of amides is 1. The molecule has 1 amide bonds. The minimum absolute atomic E-state index is 0. The highest BCUT2D eigenvalue weighted by Crippen LogP contribution is 2.29. The number of rotatable bonds is 7. The SMILES string of the molecule is CCC(N)(CC)CNC(=O)CSc1nc2ccccc2s1.Cl. The van der Waals surface area contributed by atoms with Gasteiger partial charge in [-0.15, -0.1) is 23.7 Å². The van der Waals surface area contributed by atoms with E-state index in [1.165, 1.54) is 11.8 Å². The summed E-state index contributed by atoms with van der Waals surface area (Å²) < 4.78 is 2.08. The van der Waals surface area contributed by atoms with Crippen molar-refractivity contribution in [1.29, 1.82) is 0 Å². The molecule has 0 saturated carbocycles. The second-order valence-electron chi connectivity index (χ2n) is 5.08. The van der Waals surface area contributed by atoms with Crippen LogP contribution < -0.4 is 11.1 Å². The van der Waals surface area contributed by atoms with Crippen molar-refractivity contribution < 1.29 is 4.79 Å².